The number of piperidine rings is 1. The van der Waals surface area contributed by atoms with Crippen LogP contribution in [0.2, 0.25) is 5.02 Å². The van der Waals surface area contributed by atoms with Gasteiger partial charge in [-0.05, 0) is 30.5 Å². The largest absolute Gasteiger partial charge is 0.353 e. The summed E-state index contributed by atoms with van der Waals surface area (Å²) in [4.78, 5) is 31.5. The molecule has 0 spiro atoms. The van der Waals surface area contributed by atoms with Gasteiger partial charge in [-0.2, -0.15) is 0 Å². The van der Waals surface area contributed by atoms with Gasteiger partial charge in [0.05, 0.1) is 10.5 Å². The van der Waals surface area contributed by atoms with Gasteiger partial charge >= 0.3 is 0 Å². The SMILES string of the molecule is O=C(CCNC(=O)c1cc(Cl)c2ccccc2n1)NC1CCN(Cc2ccccc2)CC1. The first-order valence-corrected chi connectivity index (χ1v) is 11.4. The molecule has 2 amide bonds. The van der Waals surface area contributed by atoms with E-state index in [2.05, 4.69) is 44.8 Å². The number of benzene rings is 2. The fourth-order valence-corrected chi connectivity index (χ4v) is 4.27. The van der Waals surface area contributed by atoms with Crippen LogP contribution in [0.3, 0.4) is 0 Å². The lowest BCUT2D eigenvalue weighted by atomic mass is 10.0. The minimum atomic E-state index is -0.334. The Morgan fingerprint density at radius 1 is 1.03 bits per heavy atom. The molecule has 0 aliphatic carbocycles. The van der Waals surface area contributed by atoms with E-state index in [1.165, 1.54) is 5.56 Å². The fraction of sp³-hybridized carbons (Fsp3) is 0.320. The third-order valence-electron chi connectivity index (χ3n) is 5.74. The van der Waals surface area contributed by atoms with E-state index in [0.29, 0.717) is 10.5 Å². The lowest BCUT2D eigenvalue weighted by Crippen LogP contribution is -2.45. The molecular weight excluding hydrogens is 424 g/mol. The molecule has 6 nitrogen and oxygen atoms in total. The van der Waals surface area contributed by atoms with E-state index < -0.39 is 0 Å². The molecule has 1 aromatic heterocycles. The van der Waals surface area contributed by atoms with Gasteiger partial charge in [0.15, 0.2) is 0 Å². The number of halogens is 1. The molecule has 0 unspecified atom stereocenters. The Bertz CT molecular complexity index is 1080. The van der Waals surface area contributed by atoms with Crippen molar-refractivity contribution < 1.29 is 9.59 Å². The summed E-state index contributed by atoms with van der Waals surface area (Å²) in [5.41, 5.74) is 2.23. The summed E-state index contributed by atoms with van der Waals surface area (Å²) < 4.78 is 0. The maximum Gasteiger partial charge on any atom is 0.269 e. The Hall–Kier alpha value is -2.96. The van der Waals surface area contributed by atoms with Crippen LogP contribution in [0.1, 0.15) is 35.3 Å². The quantitative estimate of drug-likeness (QED) is 0.574. The summed E-state index contributed by atoms with van der Waals surface area (Å²) in [6.45, 7) is 3.12. The molecule has 0 bridgehead atoms. The van der Waals surface area contributed by atoms with Crippen molar-refractivity contribution >= 4 is 34.3 Å². The number of pyridine rings is 1. The number of hydrogen-bond donors (Lipinski definition) is 2. The lowest BCUT2D eigenvalue weighted by molar-refractivity contribution is -0.122. The van der Waals surface area contributed by atoms with Crippen molar-refractivity contribution in [2.45, 2.75) is 31.8 Å². The average Bonchev–Trinajstić information content (AvgIpc) is 2.81. The Labute approximate surface area is 193 Å². The van der Waals surface area contributed by atoms with Gasteiger partial charge in [-0.3, -0.25) is 14.5 Å². The van der Waals surface area contributed by atoms with Crippen molar-refractivity contribution in [2.24, 2.45) is 0 Å². The number of fused-ring (bicyclic) bond motifs is 1. The molecule has 2 heterocycles. The maximum absolute atomic E-state index is 12.4. The highest BCUT2D eigenvalue weighted by molar-refractivity contribution is 6.35. The Morgan fingerprint density at radius 2 is 1.75 bits per heavy atom. The van der Waals surface area contributed by atoms with Gasteiger partial charge < -0.3 is 10.6 Å². The minimum absolute atomic E-state index is 0.0451. The molecule has 1 aliphatic rings. The molecule has 0 saturated carbocycles. The van der Waals surface area contributed by atoms with Crippen LogP contribution in [0.5, 0.6) is 0 Å². The number of carbonyl (C=O) groups excluding carboxylic acids is 2. The van der Waals surface area contributed by atoms with E-state index in [4.69, 9.17) is 11.6 Å². The van der Waals surface area contributed by atoms with Crippen LogP contribution < -0.4 is 10.6 Å². The fourth-order valence-electron chi connectivity index (χ4n) is 4.01. The van der Waals surface area contributed by atoms with Gasteiger partial charge in [-0.1, -0.05) is 60.1 Å². The Morgan fingerprint density at radius 3 is 2.53 bits per heavy atom. The van der Waals surface area contributed by atoms with E-state index in [1.54, 1.807) is 6.07 Å². The minimum Gasteiger partial charge on any atom is -0.353 e. The monoisotopic (exact) mass is 450 g/mol. The van der Waals surface area contributed by atoms with Crippen molar-refractivity contribution in [3.63, 3.8) is 0 Å². The van der Waals surface area contributed by atoms with Crippen molar-refractivity contribution in [1.29, 1.82) is 0 Å². The van der Waals surface area contributed by atoms with Crippen LogP contribution in [-0.2, 0) is 11.3 Å². The summed E-state index contributed by atoms with van der Waals surface area (Å²) in [5.74, 6) is -0.379. The second kappa shape index (κ2) is 10.6. The van der Waals surface area contributed by atoms with Crippen molar-refractivity contribution in [3.05, 3.63) is 76.9 Å². The first-order chi connectivity index (χ1) is 15.6. The molecule has 4 rings (SSSR count). The summed E-state index contributed by atoms with van der Waals surface area (Å²) in [5, 5.41) is 7.15. The third-order valence-corrected chi connectivity index (χ3v) is 6.05. The number of carbonyl (C=O) groups is 2. The molecular formula is C25H27ClN4O2. The van der Waals surface area contributed by atoms with Gasteiger partial charge in [0.2, 0.25) is 5.91 Å². The lowest BCUT2D eigenvalue weighted by Gasteiger charge is -2.32. The van der Waals surface area contributed by atoms with Crippen LogP contribution in [0.25, 0.3) is 10.9 Å². The number of amides is 2. The van der Waals surface area contributed by atoms with Gasteiger partial charge in [-0.15, -0.1) is 0 Å². The predicted octanol–water partition coefficient (Wildman–Crippen LogP) is 3.79. The first kappa shape index (κ1) is 22.2. The number of rotatable bonds is 7. The zero-order valence-corrected chi connectivity index (χ0v) is 18.6. The van der Waals surface area contributed by atoms with Crippen LogP contribution in [0.4, 0.5) is 0 Å². The Balaban J connectivity index is 1.18. The molecule has 1 saturated heterocycles. The summed E-state index contributed by atoms with van der Waals surface area (Å²) in [6, 6.07) is 19.6. The number of aromatic nitrogens is 1. The average molecular weight is 451 g/mol. The molecule has 166 valence electrons. The molecule has 1 aliphatic heterocycles. The highest BCUT2D eigenvalue weighted by atomic mass is 35.5. The molecule has 7 heteroatoms. The van der Waals surface area contributed by atoms with E-state index in [1.807, 2.05) is 30.3 Å². The number of hydrogen-bond acceptors (Lipinski definition) is 4. The van der Waals surface area contributed by atoms with Crippen molar-refractivity contribution in [2.75, 3.05) is 19.6 Å². The molecule has 32 heavy (non-hydrogen) atoms. The smallest absolute Gasteiger partial charge is 0.269 e. The van der Waals surface area contributed by atoms with E-state index in [9.17, 15) is 9.59 Å². The molecule has 2 N–H and O–H groups in total. The van der Waals surface area contributed by atoms with E-state index in [-0.39, 0.29) is 36.5 Å². The zero-order valence-electron chi connectivity index (χ0n) is 17.9. The maximum atomic E-state index is 12.4. The van der Waals surface area contributed by atoms with Gasteiger partial charge in [-0.25, -0.2) is 4.98 Å². The standard InChI is InChI=1S/C25H27ClN4O2/c26-21-16-23(29-22-9-5-4-8-20(21)22)25(32)27-13-10-24(31)28-19-11-14-30(15-12-19)17-18-6-2-1-3-7-18/h1-9,16,19H,10-15,17H2,(H,27,32)(H,28,31). The predicted molar refractivity (Wildman–Crippen MR) is 127 cm³/mol. The van der Waals surface area contributed by atoms with Crippen LogP contribution in [-0.4, -0.2) is 47.4 Å². The van der Waals surface area contributed by atoms with Crippen LogP contribution in [0, 0.1) is 0 Å². The molecule has 3 aromatic rings. The highest BCUT2D eigenvalue weighted by Gasteiger charge is 2.20. The van der Waals surface area contributed by atoms with Crippen LogP contribution in [0.15, 0.2) is 60.7 Å². The molecule has 1 fully saturated rings. The van der Waals surface area contributed by atoms with Crippen LogP contribution >= 0.6 is 11.6 Å². The number of nitrogens with zero attached hydrogens (tertiary/aromatic N) is 2. The van der Waals surface area contributed by atoms with Crippen molar-refractivity contribution in [1.82, 2.24) is 20.5 Å². The zero-order chi connectivity index (χ0) is 22.3. The number of likely N-dealkylation sites (tertiary alicyclic amines) is 1. The second-order valence-electron chi connectivity index (χ2n) is 8.12. The van der Waals surface area contributed by atoms with Gasteiger partial charge in [0.1, 0.15) is 5.69 Å². The number of para-hydroxylation sites is 1. The Kier molecular flexibility index (Phi) is 7.35. The van der Waals surface area contributed by atoms with E-state index in [0.717, 1.165) is 37.9 Å². The summed E-state index contributed by atoms with van der Waals surface area (Å²) in [7, 11) is 0. The normalized spacial score (nSPS) is 14.9. The molecule has 2 aromatic carbocycles. The summed E-state index contributed by atoms with van der Waals surface area (Å²) >= 11 is 6.27. The van der Waals surface area contributed by atoms with Gasteiger partial charge in [0.25, 0.3) is 5.91 Å². The molecule has 0 radical (unpaired) electrons. The molecule has 0 atom stereocenters. The number of nitrogens with one attached hydrogen (secondary N) is 2. The van der Waals surface area contributed by atoms with E-state index >= 15 is 0 Å². The first-order valence-electron chi connectivity index (χ1n) is 11.0. The summed E-state index contributed by atoms with van der Waals surface area (Å²) in [6.07, 6.45) is 2.10. The third kappa shape index (κ3) is 5.84. The van der Waals surface area contributed by atoms with Gasteiger partial charge in [0, 0.05) is 44.0 Å². The second-order valence-corrected chi connectivity index (χ2v) is 8.52. The van der Waals surface area contributed by atoms with Crippen molar-refractivity contribution in [3.8, 4) is 0 Å². The highest BCUT2D eigenvalue weighted by Crippen LogP contribution is 2.22. The topological polar surface area (TPSA) is 74.3 Å².